The molecule has 0 amide bonds. The Morgan fingerprint density at radius 3 is 2.00 bits per heavy atom. The van der Waals surface area contributed by atoms with Crippen molar-refractivity contribution in [1.29, 1.82) is 0 Å². The lowest BCUT2D eigenvalue weighted by atomic mass is 10.0. The summed E-state index contributed by atoms with van der Waals surface area (Å²) < 4.78 is 0. The molecule has 0 aliphatic carbocycles. The van der Waals surface area contributed by atoms with Gasteiger partial charge in [-0.05, 0) is 26.4 Å². The molecule has 1 unspecified atom stereocenters. The fourth-order valence-electron chi connectivity index (χ4n) is 1.64. The third kappa shape index (κ3) is 7.55. The lowest BCUT2D eigenvalue weighted by Gasteiger charge is -2.25. The van der Waals surface area contributed by atoms with Crippen molar-refractivity contribution in [1.82, 2.24) is 4.90 Å². The van der Waals surface area contributed by atoms with Crippen LogP contribution in [0.2, 0.25) is 0 Å². The van der Waals surface area contributed by atoms with Gasteiger partial charge in [-0.1, -0.05) is 41.0 Å². The van der Waals surface area contributed by atoms with E-state index in [1.54, 1.807) is 0 Å². The molecular formula is C13H29NO. The van der Waals surface area contributed by atoms with Gasteiger partial charge in [-0.3, -0.25) is 9.69 Å². The molecule has 1 atom stereocenters. The maximum Gasteiger partial charge on any atom is 0.149 e. The Balaban J connectivity index is 0. The van der Waals surface area contributed by atoms with E-state index in [-0.39, 0.29) is 6.04 Å². The highest BCUT2D eigenvalue weighted by Gasteiger charge is 2.19. The highest BCUT2D eigenvalue weighted by molar-refractivity contribution is 5.83. The van der Waals surface area contributed by atoms with Crippen molar-refractivity contribution in [3.63, 3.8) is 0 Å². The Morgan fingerprint density at radius 2 is 1.67 bits per heavy atom. The molecule has 0 aromatic heterocycles. The number of likely N-dealkylation sites (N-methyl/N-ethyl adjacent to an activating group) is 1. The first kappa shape index (κ1) is 17.0. The van der Waals surface area contributed by atoms with Crippen LogP contribution in [0.25, 0.3) is 0 Å². The van der Waals surface area contributed by atoms with Gasteiger partial charge in [0.2, 0.25) is 0 Å². The summed E-state index contributed by atoms with van der Waals surface area (Å²) in [4.78, 5) is 13.8. The zero-order valence-corrected chi connectivity index (χ0v) is 11.5. The van der Waals surface area contributed by atoms with Crippen LogP contribution in [0.15, 0.2) is 0 Å². The van der Waals surface area contributed by atoms with Crippen molar-refractivity contribution in [3.05, 3.63) is 0 Å². The zero-order chi connectivity index (χ0) is 12.3. The second-order valence-corrected chi connectivity index (χ2v) is 3.60. The van der Waals surface area contributed by atoms with Crippen LogP contribution in [-0.4, -0.2) is 30.3 Å². The molecule has 0 spiro atoms. The van der Waals surface area contributed by atoms with E-state index in [0.29, 0.717) is 12.2 Å². The summed E-state index contributed by atoms with van der Waals surface area (Å²) in [6, 6.07) is 0.162. The van der Waals surface area contributed by atoms with E-state index in [0.717, 1.165) is 25.8 Å². The number of carbonyl (C=O) groups excluding carboxylic acids is 1. The van der Waals surface area contributed by atoms with Gasteiger partial charge in [-0.15, -0.1) is 0 Å². The van der Waals surface area contributed by atoms with Crippen LogP contribution in [0, 0.1) is 0 Å². The Hall–Kier alpha value is -0.370. The highest BCUT2D eigenvalue weighted by atomic mass is 16.1. The van der Waals surface area contributed by atoms with Gasteiger partial charge in [0.05, 0.1) is 6.04 Å². The molecule has 0 bridgehead atoms. The number of carbonyl (C=O) groups is 1. The van der Waals surface area contributed by atoms with Crippen molar-refractivity contribution in [2.75, 3.05) is 13.6 Å². The van der Waals surface area contributed by atoms with Crippen LogP contribution in [0.5, 0.6) is 0 Å². The molecule has 0 aliphatic rings. The smallest absolute Gasteiger partial charge is 0.149 e. The topological polar surface area (TPSA) is 20.3 Å². The summed E-state index contributed by atoms with van der Waals surface area (Å²) >= 11 is 0. The molecule has 15 heavy (non-hydrogen) atoms. The summed E-state index contributed by atoms with van der Waals surface area (Å²) in [7, 11) is 2.05. The van der Waals surface area contributed by atoms with E-state index >= 15 is 0 Å². The fourth-order valence-corrected chi connectivity index (χ4v) is 1.64. The molecule has 0 aromatic rings. The van der Waals surface area contributed by atoms with Crippen molar-refractivity contribution < 1.29 is 4.79 Å². The van der Waals surface area contributed by atoms with Crippen LogP contribution in [0.1, 0.15) is 60.3 Å². The molecule has 0 fully saturated rings. The molecule has 0 aromatic carbocycles. The number of hydrogen-bond donors (Lipinski definition) is 0. The van der Waals surface area contributed by atoms with Crippen molar-refractivity contribution >= 4 is 5.78 Å². The summed E-state index contributed by atoms with van der Waals surface area (Å²) in [5.41, 5.74) is 0. The Bertz CT molecular complexity index is 145. The summed E-state index contributed by atoms with van der Waals surface area (Å²) in [6.45, 7) is 11.3. The third-order valence-electron chi connectivity index (χ3n) is 2.39. The van der Waals surface area contributed by atoms with E-state index in [2.05, 4.69) is 25.8 Å². The van der Waals surface area contributed by atoms with Crippen LogP contribution in [-0.2, 0) is 4.79 Å². The Morgan fingerprint density at radius 1 is 1.13 bits per heavy atom. The second kappa shape index (κ2) is 11.7. The predicted octanol–water partition coefficient (Wildman–Crippen LogP) is 3.50. The summed E-state index contributed by atoms with van der Waals surface area (Å²) in [5.74, 6) is 0.387. The van der Waals surface area contributed by atoms with Gasteiger partial charge in [0.1, 0.15) is 5.78 Å². The molecule has 0 aliphatic heterocycles. The van der Waals surface area contributed by atoms with E-state index in [4.69, 9.17) is 0 Å². The van der Waals surface area contributed by atoms with Crippen molar-refractivity contribution in [2.45, 2.75) is 66.3 Å². The van der Waals surface area contributed by atoms with E-state index in [1.165, 1.54) is 0 Å². The first-order chi connectivity index (χ1) is 7.17. The van der Waals surface area contributed by atoms with E-state index < -0.39 is 0 Å². The molecule has 0 N–H and O–H groups in total. The Kier molecular flexibility index (Phi) is 13.3. The average Bonchev–Trinajstić information content (AvgIpc) is 2.28. The van der Waals surface area contributed by atoms with E-state index in [1.807, 2.05) is 20.8 Å². The maximum absolute atomic E-state index is 11.6. The van der Waals surface area contributed by atoms with Gasteiger partial charge in [-0.25, -0.2) is 0 Å². The monoisotopic (exact) mass is 215 g/mol. The highest BCUT2D eigenvalue weighted by Crippen LogP contribution is 2.08. The molecule has 0 rings (SSSR count). The summed E-state index contributed by atoms with van der Waals surface area (Å²) in [6.07, 6.45) is 3.88. The molecule has 0 radical (unpaired) electrons. The molecule has 92 valence electrons. The SMILES string of the molecule is CC.CCCC(C(=O)CC)N(C)CCC. The second-order valence-electron chi connectivity index (χ2n) is 3.60. The van der Waals surface area contributed by atoms with Crippen LogP contribution in [0.4, 0.5) is 0 Å². The minimum atomic E-state index is 0.162. The largest absolute Gasteiger partial charge is 0.298 e. The van der Waals surface area contributed by atoms with Gasteiger partial charge >= 0.3 is 0 Å². The van der Waals surface area contributed by atoms with E-state index in [9.17, 15) is 4.79 Å². The maximum atomic E-state index is 11.6. The number of nitrogens with zero attached hydrogens (tertiary/aromatic N) is 1. The van der Waals surface area contributed by atoms with Gasteiger partial charge in [0, 0.05) is 6.42 Å². The van der Waals surface area contributed by atoms with Crippen molar-refractivity contribution in [2.24, 2.45) is 0 Å². The van der Waals surface area contributed by atoms with Gasteiger partial charge in [0.25, 0.3) is 0 Å². The number of ketones is 1. The molecule has 0 heterocycles. The van der Waals surface area contributed by atoms with Crippen LogP contribution in [0.3, 0.4) is 0 Å². The standard InChI is InChI=1S/C11H23NO.C2H6/c1-5-8-10(11(13)7-3)12(4)9-6-2;1-2/h10H,5-9H2,1-4H3;1-2H3. The van der Waals surface area contributed by atoms with Crippen LogP contribution < -0.4 is 0 Å². The number of rotatable bonds is 7. The third-order valence-corrected chi connectivity index (χ3v) is 2.39. The van der Waals surface area contributed by atoms with Gasteiger partial charge < -0.3 is 0 Å². The zero-order valence-electron chi connectivity index (χ0n) is 11.5. The molecular weight excluding hydrogens is 186 g/mol. The normalized spacial score (nSPS) is 11.9. The lowest BCUT2D eigenvalue weighted by Crippen LogP contribution is -2.38. The quantitative estimate of drug-likeness (QED) is 0.648. The first-order valence-corrected chi connectivity index (χ1v) is 6.40. The number of hydrogen-bond acceptors (Lipinski definition) is 2. The molecule has 2 nitrogen and oxygen atoms in total. The van der Waals surface area contributed by atoms with Crippen LogP contribution >= 0.6 is 0 Å². The fraction of sp³-hybridized carbons (Fsp3) is 0.923. The molecule has 0 saturated carbocycles. The molecule has 2 heteroatoms. The predicted molar refractivity (Wildman–Crippen MR) is 68.3 cm³/mol. The molecule has 0 saturated heterocycles. The minimum absolute atomic E-state index is 0.162. The lowest BCUT2D eigenvalue weighted by molar-refractivity contribution is -0.123. The average molecular weight is 215 g/mol. The Labute approximate surface area is 96.0 Å². The van der Waals surface area contributed by atoms with Gasteiger partial charge in [-0.2, -0.15) is 0 Å². The minimum Gasteiger partial charge on any atom is -0.298 e. The van der Waals surface area contributed by atoms with Gasteiger partial charge in [0.15, 0.2) is 0 Å². The number of Topliss-reactive ketones (excluding diaryl/α,β-unsaturated/α-hetero) is 1. The van der Waals surface area contributed by atoms with Crippen molar-refractivity contribution in [3.8, 4) is 0 Å². The summed E-state index contributed by atoms with van der Waals surface area (Å²) in [5, 5.41) is 0. The first-order valence-electron chi connectivity index (χ1n) is 6.40.